The third kappa shape index (κ3) is 3.50. The molecule has 1 heterocycles. The molecule has 0 aromatic rings. The quantitative estimate of drug-likeness (QED) is 0.422. The Hall–Kier alpha value is -1.56. The SMILES string of the molecule is CCCCC(OCC)=C1C(=O)N(C)N(C)C1OC(C)=O. The summed E-state index contributed by atoms with van der Waals surface area (Å²) in [6, 6.07) is 0. The smallest absolute Gasteiger partial charge is 0.304 e. The van der Waals surface area contributed by atoms with Crippen molar-refractivity contribution in [1.29, 1.82) is 0 Å². The van der Waals surface area contributed by atoms with Crippen LogP contribution >= 0.6 is 0 Å². The first-order valence-corrected chi connectivity index (χ1v) is 6.97. The van der Waals surface area contributed by atoms with Crippen molar-refractivity contribution in [3.05, 3.63) is 11.3 Å². The van der Waals surface area contributed by atoms with Crippen molar-refractivity contribution in [2.75, 3.05) is 20.7 Å². The van der Waals surface area contributed by atoms with Crippen LogP contribution in [-0.2, 0) is 19.1 Å². The van der Waals surface area contributed by atoms with E-state index >= 15 is 0 Å². The Labute approximate surface area is 120 Å². The summed E-state index contributed by atoms with van der Waals surface area (Å²) in [6.45, 7) is 5.77. The summed E-state index contributed by atoms with van der Waals surface area (Å²) >= 11 is 0. The molecule has 0 N–H and O–H groups in total. The molecule has 1 aliphatic rings. The van der Waals surface area contributed by atoms with Gasteiger partial charge in [-0.3, -0.25) is 14.6 Å². The lowest BCUT2D eigenvalue weighted by atomic mass is 10.1. The van der Waals surface area contributed by atoms with Crippen molar-refractivity contribution in [2.45, 2.75) is 46.3 Å². The minimum atomic E-state index is -0.705. The minimum absolute atomic E-state index is 0.182. The molecule has 0 spiro atoms. The molecule has 0 aliphatic carbocycles. The molecule has 0 radical (unpaired) electrons. The molecule has 1 amide bonds. The van der Waals surface area contributed by atoms with Gasteiger partial charge in [-0.15, -0.1) is 0 Å². The van der Waals surface area contributed by atoms with Gasteiger partial charge in [-0.05, 0) is 13.3 Å². The zero-order valence-electron chi connectivity index (χ0n) is 12.9. The fourth-order valence-electron chi connectivity index (χ4n) is 2.11. The van der Waals surface area contributed by atoms with Gasteiger partial charge in [-0.25, -0.2) is 0 Å². The van der Waals surface area contributed by atoms with Crippen molar-refractivity contribution in [2.24, 2.45) is 0 Å². The monoisotopic (exact) mass is 284 g/mol. The second kappa shape index (κ2) is 7.28. The largest absolute Gasteiger partial charge is 0.498 e. The zero-order chi connectivity index (χ0) is 15.3. The lowest BCUT2D eigenvalue weighted by molar-refractivity contribution is -0.160. The minimum Gasteiger partial charge on any atom is -0.498 e. The van der Waals surface area contributed by atoms with Gasteiger partial charge in [0.1, 0.15) is 11.3 Å². The molecular weight excluding hydrogens is 260 g/mol. The number of hydrogen-bond acceptors (Lipinski definition) is 5. The average Bonchev–Trinajstić information content (AvgIpc) is 2.59. The van der Waals surface area contributed by atoms with Crippen LogP contribution in [0.5, 0.6) is 0 Å². The molecule has 1 aliphatic heterocycles. The fraction of sp³-hybridized carbons (Fsp3) is 0.714. The Bertz CT molecular complexity index is 406. The highest BCUT2D eigenvalue weighted by Crippen LogP contribution is 2.29. The maximum atomic E-state index is 12.3. The molecule has 0 aromatic heterocycles. The van der Waals surface area contributed by atoms with Gasteiger partial charge in [-0.1, -0.05) is 13.3 Å². The number of allylic oxidation sites excluding steroid dienone is 1. The summed E-state index contributed by atoms with van der Waals surface area (Å²) in [7, 11) is 3.36. The molecule has 20 heavy (non-hydrogen) atoms. The summed E-state index contributed by atoms with van der Waals surface area (Å²) < 4.78 is 10.9. The van der Waals surface area contributed by atoms with E-state index in [9.17, 15) is 9.59 Å². The third-order valence-corrected chi connectivity index (χ3v) is 3.24. The topological polar surface area (TPSA) is 59.1 Å². The number of likely N-dealkylation sites (N-methyl/N-ethyl adjacent to an activating group) is 2. The van der Waals surface area contributed by atoms with Crippen LogP contribution in [0.25, 0.3) is 0 Å². The molecule has 1 rings (SSSR count). The van der Waals surface area contributed by atoms with Crippen molar-refractivity contribution in [3.63, 3.8) is 0 Å². The maximum absolute atomic E-state index is 12.3. The molecular formula is C14H24N2O4. The van der Waals surface area contributed by atoms with Crippen LogP contribution in [0.15, 0.2) is 11.3 Å². The van der Waals surface area contributed by atoms with E-state index < -0.39 is 12.2 Å². The summed E-state index contributed by atoms with van der Waals surface area (Å²) in [5.74, 6) is 0.0221. The van der Waals surface area contributed by atoms with E-state index in [0.29, 0.717) is 24.4 Å². The number of nitrogens with zero attached hydrogens (tertiary/aromatic N) is 2. The van der Waals surface area contributed by atoms with Crippen LogP contribution in [-0.4, -0.2) is 48.8 Å². The highest BCUT2D eigenvalue weighted by Gasteiger charge is 2.43. The highest BCUT2D eigenvalue weighted by atomic mass is 16.6. The Morgan fingerprint density at radius 2 is 1.95 bits per heavy atom. The van der Waals surface area contributed by atoms with Gasteiger partial charge in [0.15, 0.2) is 0 Å². The normalized spacial score (nSPS) is 22.1. The highest BCUT2D eigenvalue weighted by molar-refractivity contribution is 5.96. The molecule has 1 saturated heterocycles. The number of carbonyl (C=O) groups is 2. The standard InChI is InChI=1S/C14H24N2O4/c1-6-8-9-11(19-7-2)12-13(18)15(4)16(5)14(12)20-10(3)17/h14H,6-9H2,1-5H3. The second-order valence-corrected chi connectivity index (χ2v) is 4.74. The summed E-state index contributed by atoms with van der Waals surface area (Å²) in [5, 5.41) is 3.04. The first-order chi connectivity index (χ1) is 9.43. The first-order valence-electron chi connectivity index (χ1n) is 6.97. The predicted octanol–water partition coefficient (Wildman–Crippen LogP) is 1.68. The van der Waals surface area contributed by atoms with Crippen molar-refractivity contribution < 1.29 is 19.1 Å². The molecule has 1 atom stereocenters. The van der Waals surface area contributed by atoms with Crippen molar-refractivity contribution in [1.82, 2.24) is 10.0 Å². The lowest BCUT2D eigenvalue weighted by Crippen LogP contribution is -2.38. The fourth-order valence-corrected chi connectivity index (χ4v) is 2.11. The van der Waals surface area contributed by atoms with E-state index in [1.165, 1.54) is 11.9 Å². The number of hydrazine groups is 1. The van der Waals surface area contributed by atoms with E-state index in [0.717, 1.165) is 12.8 Å². The Morgan fingerprint density at radius 1 is 1.30 bits per heavy atom. The second-order valence-electron chi connectivity index (χ2n) is 4.74. The number of amides is 1. The molecule has 1 fully saturated rings. The molecule has 0 bridgehead atoms. The van der Waals surface area contributed by atoms with E-state index in [1.54, 1.807) is 19.1 Å². The lowest BCUT2D eigenvalue weighted by Gasteiger charge is -2.23. The van der Waals surface area contributed by atoms with Crippen LogP contribution in [0.4, 0.5) is 0 Å². The van der Waals surface area contributed by atoms with E-state index in [4.69, 9.17) is 9.47 Å². The van der Waals surface area contributed by atoms with Gasteiger partial charge in [0.05, 0.1) is 6.61 Å². The summed E-state index contributed by atoms with van der Waals surface area (Å²) in [5.41, 5.74) is 0.431. The van der Waals surface area contributed by atoms with Crippen molar-refractivity contribution >= 4 is 11.9 Å². The van der Waals surface area contributed by atoms with Gasteiger partial charge in [-0.2, -0.15) is 5.01 Å². The van der Waals surface area contributed by atoms with Crippen LogP contribution in [0, 0.1) is 0 Å². The van der Waals surface area contributed by atoms with Gasteiger partial charge in [0, 0.05) is 27.4 Å². The summed E-state index contributed by atoms with van der Waals surface area (Å²) in [6.07, 6.45) is 1.89. The van der Waals surface area contributed by atoms with Gasteiger partial charge in [0.2, 0.25) is 6.23 Å². The molecule has 0 saturated carbocycles. The van der Waals surface area contributed by atoms with E-state index in [-0.39, 0.29) is 5.91 Å². The zero-order valence-corrected chi connectivity index (χ0v) is 12.9. The maximum Gasteiger partial charge on any atom is 0.304 e. The molecule has 6 heteroatoms. The number of ether oxygens (including phenoxy) is 2. The predicted molar refractivity (Wildman–Crippen MR) is 74.3 cm³/mol. The van der Waals surface area contributed by atoms with Crippen LogP contribution in [0.1, 0.15) is 40.0 Å². The Morgan fingerprint density at radius 3 is 2.45 bits per heavy atom. The number of rotatable bonds is 6. The molecule has 114 valence electrons. The first kappa shape index (κ1) is 16.5. The van der Waals surface area contributed by atoms with Crippen LogP contribution in [0.2, 0.25) is 0 Å². The molecule has 0 aromatic carbocycles. The number of hydrogen-bond donors (Lipinski definition) is 0. The van der Waals surface area contributed by atoms with Gasteiger partial charge in [0.25, 0.3) is 5.91 Å². The number of carbonyl (C=O) groups excluding carboxylic acids is 2. The Kier molecular flexibility index (Phi) is 6.01. The molecule has 6 nitrogen and oxygen atoms in total. The average molecular weight is 284 g/mol. The third-order valence-electron chi connectivity index (χ3n) is 3.24. The van der Waals surface area contributed by atoms with Crippen LogP contribution < -0.4 is 0 Å². The van der Waals surface area contributed by atoms with E-state index in [1.807, 2.05) is 6.92 Å². The van der Waals surface area contributed by atoms with Gasteiger partial charge >= 0.3 is 5.97 Å². The van der Waals surface area contributed by atoms with Crippen LogP contribution in [0.3, 0.4) is 0 Å². The Balaban J connectivity index is 3.15. The summed E-state index contributed by atoms with van der Waals surface area (Å²) in [4.78, 5) is 23.6. The van der Waals surface area contributed by atoms with E-state index in [2.05, 4.69) is 6.92 Å². The number of unbranched alkanes of at least 4 members (excludes halogenated alkanes) is 1. The van der Waals surface area contributed by atoms with Crippen molar-refractivity contribution in [3.8, 4) is 0 Å². The molecule has 1 unspecified atom stereocenters. The van der Waals surface area contributed by atoms with Gasteiger partial charge < -0.3 is 9.47 Å². The number of esters is 1.